The van der Waals surface area contributed by atoms with Gasteiger partial charge in [-0.1, -0.05) is 6.42 Å². The van der Waals surface area contributed by atoms with Crippen molar-refractivity contribution in [3.8, 4) is 0 Å². The van der Waals surface area contributed by atoms with Crippen LogP contribution in [-0.4, -0.2) is 27.5 Å². The number of anilines is 1. The second kappa shape index (κ2) is 5.08. The molecule has 1 aromatic heterocycles. The molecule has 0 aromatic carbocycles. The van der Waals surface area contributed by atoms with Gasteiger partial charge in [-0.3, -0.25) is 0 Å². The topological polar surface area (TPSA) is 37.8 Å². The van der Waals surface area contributed by atoms with Crippen molar-refractivity contribution in [3.05, 3.63) is 17.6 Å². The largest absolute Gasteiger partial charge is 0.368 e. The van der Waals surface area contributed by atoms with Crippen LogP contribution in [-0.2, 0) is 12.8 Å². The Bertz CT molecular complexity index is 424. The highest BCUT2D eigenvalue weighted by Crippen LogP contribution is 2.42. The fraction of sp³-hybridized carbons (Fsp3) is 0.714. The van der Waals surface area contributed by atoms with Gasteiger partial charge in [0.05, 0.1) is 0 Å². The number of rotatable bonds is 4. The Kier molecular flexibility index (Phi) is 3.46. The van der Waals surface area contributed by atoms with Crippen LogP contribution in [0.25, 0.3) is 0 Å². The van der Waals surface area contributed by atoms with E-state index in [0.29, 0.717) is 4.75 Å². The second-order valence-electron chi connectivity index (χ2n) is 5.45. The summed E-state index contributed by atoms with van der Waals surface area (Å²) in [6, 6.07) is 0. The fourth-order valence-corrected chi connectivity index (χ4v) is 3.86. The van der Waals surface area contributed by atoms with Gasteiger partial charge in [-0.05, 0) is 44.8 Å². The van der Waals surface area contributed by atoms with Crippen LogP contribution in [0, 0.1) is 0 Å². The van der Waals surface area contributed by atoms with E-state index in [1.165, 1.54) is 43.4 Å². The third-order valence-corrected chi connectivity index (χ3v) is 5.82. The van der Waals surface area contributed by atoms with Crippen LogP contribution in [0.2, 0.25) is 0 Å². The maximum Gasteiger partial charge on any atom is 0.132 e. The number of hydrogen-bond acceptors (Lipinski definition) is 4. The summed E-state index contributed by atoms with van der Waals surface area (Å²) in [6.07, 6.45) is 12.8. The van der Waals surface area contributed by atoms with Gasteiger partial charge in [0.25, 0.3) is 0 Å². The average molecular weight is 263 g/mol. The van der Waals surface area contributed by atoms with Crippen molar-refractivity contribution in [1.82, 2.24) is 9.97 Å². The third-order valence-electron chi connectivity index (χ3n) is 4.40. The van der Waals surface area contributed by atoms with E-state index in [9.17, 15) is 0 Å². The first-order chi connectivity index (χ1) is 8.83. The lowest BCUT2D eigenvalue weighted by molar-refractivity contribution is 0.379. The van der Waals surface area contributed by atoms with Crippen molar-refractivity contribution < 1.29 is 0 Å². The lowest BCUT2D eigenvalue weighted by atomic mass is 9.84. The number of thioether (sulfide) groups is 1. The van der Waals surface area contributed by atoms with Gasteiger partial charge in [-0.15, -0.1) is 0 Å². The molecule has 0 aliphatic heterocycles. The summed E-state index contributed by atoms with van der Waals surface area (Å²) in [5.74, 6) is 1.10. The molecule has 98 valence electrons. The van der Waals surface area contributed by atoms with E-state index >= 15 is 0 Å². The maximum absolute atomic E-state index is 4.46. The van der Waals surface area contributed by atoms with Crippen LogP contribution < -0.4 is 5.32 Å². The molecule has 0 saturated heterocycles. The first kappa shape index (κ1) is 12.3. The molecule has 2 aliphatic rings. The minimum Gasteiger partial charge on any atom is -0.368 e. The molecular formula is C14H21N3S. The standard InChI is InChI=1S/C14H21N3S/c1-18-14(7-4-8-14)9-15-13-11-5-2-3-6-12(11)16-10-17-13/h10H,2-9H2,1H3,(H,15,16,17). The van der Waals surface area contributed by atoms with Gasteiger partial charge in [0.15, 0.2) is 0 Å². The zero-order valence-corrected chi connectivity index (χ0v) is 11.9. The normalized spacial score (nSPS) is 20.9. The molecule has 0 amide bonds. The molecule has 4 heteroatoms. The van der Waals surface area contributed by atoms with Crippen LogP contribution in [0.4, 0.5) is 5.82 Å². The number of nitrogens with one attached hydrogen (secondary N) is 1. The zero-order chi connectivity index (χ0) is 12.4. The Morgan fingerprint density at radius 3 is 2.78 bits per heavy atom. The predicted molar refractivity (Wildman–Crippen MR) is 77.3 cm³/mol. The second-order valence-corrected chi connectivity index (χ2v) is 6.72. The Morgan fingerprint density at radius 2 is 2.06 bits per heavy atom. The summed E-state index contributed by atoms with van der Waals surface area (Å²) >= 11 is 2.01. The summed E-state index contributed by atoms with van der Waals surface area (Å²) in [5, 5.41) is 3.59. The van der Waals surface area contributed by atoms with Crippen molar-refractivity contribution in [2.24, 2.45) is 0 Å². The van der Waals surface area contributed by atoms with E-state index in [1.807, 2.05) is 11.8 Å². The van der Waals surface area contributed by atoms with Crippen LogP contribution in [0.5, 0.6) is 0 Å². The van der Waals surface area contributed by atoms with Crippen molar-refractivity contribution >= 4 is 17.6 Å². The minimum atomic E-state index is 0.465. The molecule has 1 aromatic rings. The first-order valence-corrected chi connectivity index (χ1v) is 8.17. The summed E-state index contributed by atoms with van der Waals surface area (Å²) in [4.78, 5) is 8.88. The quantitative estimate of drug-likeness (QED) is 0.906. The molecule has 0 bridgehead atoms. The Morgan fingerprint density at radius 1 is 1.22 bits per heavy atom. The highest BCUT2D eigenvalue weighted by molar-refractivity contribution is 8.00. The number of aromatic nitrogens is 2. The van der Waals surface area contributed by atoms with Gasteiger partial charge in [0.2, 0.25) is 0 Å². The molecule has 18 heavy (non-hydrogen) atoms. The summed E-state index contributed by atoms with van der Waals surface area (Å²) in [6.45, 7) is 1.05. The molecule has 1 fully saturated rings. The van der Waals surface area contributed by atoms with Gasteiger partial charge in [0.1, 0.15) is 12.1 Å². The summed E-state index contributed by atoms with van der Waals surface area (Å²) in [7, 11) is 0. The smallest absolute Gasteiger partial charge is 0.132 e. The zero-order valence-electron chi connectivity index (χ0n) is 11.0. The Hall–Kier alpha value is -0.770. The van der Waals surface area contributed by atoms with E-state index < -0.39 is 0 Å². The first-order valence-electron chi connectivity index (χ1n) is 6.95. The number of hydrogen-bond donors (Lipinski definition) is 1. The monoisotopic (exact) mass is 263 g/mol. The van der Waals surface area contributed by atoms with Crippen molar-refractivity contribution in [2.75, 3.05) is 18.1 Å². The van der Waals surface area contributed by atoms with E-state index in [0.717, 1.165) is 25.2 Å². The van der Waals surface area contributed by atoms with Crippen LogP contribution in [0.15, 0.2) is 6.33 Å². The third kappa shape index (κ3) is 2.22. The molecule has 1 saturated carbocycles. The van der Waals surface area contributed by atoms with Crippen LogP contribution >= 0.6 is 11.8 Å². The van der Waals surface area contributed by atoms with E-state index in [-0.39, 0.29) is 0 Å². The highest BCUT2D eigenvalue weighted by atomic mass is 32.2. The fourth-order valence-electron chi connectivity index (χ4n) is 2.94. The molecule has 0 radical (unpaired) electrons. The number of nitrogens with zero attached hydrogens (tertiary/aromatic N) is 2. The molecule has 1 N–H and O–H groups in total. The lowest BCUT2D eigenvalue weighted by Gasteiger charge is -2.40. The maximum atomic E-state index is 4.46. The SMILES string of the molecule is CSC1(CNc2ncnc3c2CCCC3)CCC1. The molecular weight excluding hydrogens is 242 g/mol. The lowest BCUT2D eigenvalue weighted by Crippen LogP contribution is -2.40. The van der Waals surface area contributed by atoms with Gasteiger partial charge in [-0.2, -0.15) is 11.8 Å². The minimum absolute atomic E-state index is 0.465. The highest BCUT2D eigenvalue weighted by Gasteiger charge is 2.36. The summed E-state index contributed by atoms with van der Waals surface area (Å²) in [5.41, 5.74) is 2.64. The molecule has 3 rings (SSSR count). The van der Waals surface area contributed by atoms with E-state index in [4.69, 9.17) is 0 Å². The molecule has 0 atom stereocenters. The van der Waals surface area contributed by atoms with Crippen LogP contribution in [0.3, 0.4) is 0 Å². The van der Waals surface area contributed by atoms with E-state index in [2.05, 4.69) is 21.5 Å². The summed E-state index contributed by atoms with van der Waals surface area (Å²) < 4.78 is 0.465. The predicted octanol–water partition coefficient (Wildman–Crippen LogP) is 3.05. The van der Waals surface area contributed by atoms with Gasteiger partial charge in [-0.25, -0.2) is 9.97 Å². The number of aryl methyl sites for hydroxylation is 1. The molecule has 0 unspecified atom stereocenters. The Balaban J connectivity index is 1.72. The van der Waals surface area contributed by atoms with Gasteiger partial charge < -0.3 is 5.32 Å². The van der Waals surface area contributed by atoms with Gasteiger partial charge >= 0.3 is 0 Å². The molecule has 3 nitrogen and oxygen atoms in total. The van der Waals surface area contributed by atoms with Gasteiger partial charge in [0, 0.05) is 22.5 Å². The van der Waals surface area contributed by atoms with Crippen LogP contribution in [0.1, 0.15) is 43.4 Å². The molecule has 0 spiro atoms. The van der Waals surface area contributed by atoms with E-state index in [1.54, 1.807) is 6.33 Å². The number of fused-ring (bicyclic) bond motifs is 1. The van der Waals surface area contributed by atoms with Crippen molar-refractivity contribution in [2.45, 2.75) is 49.7 Å². The Labute approximate surface area is 113 Å². The average Bonchev–Trinajstić information content (AvgIpc) is 2.38. The van der Waals surface area contributed by atoms with Crippen molar-refractivity contribution in [3.63, 3.8) is 0 Å². The molecule has 2 aliphatic carbocycles. The van der Waals surface area contributed by atoms with Crippen molar-refractivity contribution in [1.29, 1.82) is 0 Å². The molecule has 1 heterocycles.